The summed E-state index contributed by atoms with van der Waals surface area (Å²) in [7, 11) is 0. The molecule has 0 spiro atoms. The molecule has 0 radical (unpaired) electrons. The molecule has 1 aromatic carbocycles. The lowest BCUT2D eigenvalue weighted by Gasteiger charge is -2.20. The molecule has 2 aromatic rings. The fourth-order valence-electron chi connectivity index (χ4n) is 2.30. The first kappa shape index (κ1) is 14.1. The number of ether oxygens (including phenoxy) is 1. The second kappa shape index (κ2) is 6.30. The van der Waals surface area contributed by atoms with Crippen molar-refractivity contribution in [2.45, 2.75) is 19.1 Å². The summed E-state index contributed by atoms with van der Waals surface area (Å²) in [6.07, 6.45) is 2.65. The number of amides is 2. The van der Waals surface area contributed by atoms with Crippen LogP contribution in [0.25, 0.3) is 0 Å². The number of hydrogen-bond donors (Lipinski definition) is 2. The van der Waals surface area contributed by atoms with Gasteiger partial charge in [-0.1, -0.05) is 30.3 Å². The normalized spacial score (nSPS) is 17.4. The molecule has 0 aliphatic carbocycles. The molecular formula is C15H16N4O3. The monoisotopic (exact) mass is 300 g/mol. The standard InChI is InChI=1S/C15H16N4O3/c20-14(17-6-11-4-2-1-3-5-11)13-9-22-15(21)19(13)8-12-7-16-10-18-12/h1-5,7,10,13H,6,8-9H2,(H,16,18)(H,17,20)/t13-/m0/s1. The minimum atomic E-state index is -0.625. The van der Waals surface area contributed by atoms with E-state index < -0.39 is 12.1 Å². The summed E-state index contributed by atoms with van der Waals surface area (Å²) in [5.41, 5.74) is 1.75. The van der Waals surface area contributed by atoms with Gasteiger partial charge in [-0.25, -0.2) is 9.78 Å². The van der Waals surface area contributed by atoms with Gasteiger partial charge in [-0.2, -0.15) is 0 Å². The van der Waals surface area contributed by atoms with Gasteiger partial charge in [-0.15, -0.1) is 0 Å². The molecule has 1 aliphatic heterocycles. The van der Waals surface area contributed by atoms with Crippen molar-refractivity contribution in [3.8, 4) is 0 Å². The zero-order valence-corrected chi connectivity index (χ0v) is 11.9. The van der Waals surface area contributed by atoms with E-state index >= 15 is 0 Å². The largest absolute Gasteiger partial charge is 0.447 e. The molecule has 7 nitrogen and oxygen atoms in total. The second-order valence-corrected chi connectivity index (χ2v) is 5.00. The van der Waals surface area contributed by atoms with Gasteiger partial charge < -0.3 is 15.0 Å². The van der Waals surface area contributed by atoms with E-state index in [1.165, 1.54) is 11.2 Å². The van der Waals surface area contributed by atoms with Crippen LogP contribution in [0.5, 0.6) is 0 Å². The molecule has 1 saturated heterocycles. The SMILES string of the molecule is O=C(NCc1ccccc1)[C@@H]1COC(=O)N1Cc1cnc[nH]1. The van der Waals surface area contributed by atoms with Crippen molar-refractivity contribution in [3.05, 3.63) is 54.1 Å². The smallest absolute Gasteiger partial charge is 0.411 e. The Labute approximate surface area is 127 Å². The molecule has 22 heavy (non-hydrogen) atoms. The van der Waals surface area contributed by atoms with E-state index in [1.807, 2.05) is 30.3 Å². The van der Waals surface area contributed by atoms with Gasteiger partial charge in [0.2, 0.25) is 5.91 Å². The fraction of sp³-hybridized carbons (Fsp3) is 0.267. The van der Waals surface area contributed by atoms with E-state index in [-0.39, 0.29) is 19.1 Å². The summed E-state index contributed by atoms with van der Waals surface area (Å²) in [4.78, 5) is 32.3. The highest BCUT2D eigenvalue weighted by atomic mass is 16.6. The highest BCUT2D eigenvalue weighted by molar-refractivity contribution is 5.87. The first-order valence-electron chi connectivity index (χ1n) is 6.96. The summed E-state index contributed by atoms with van der Waals surface area (Å²) in [5, 5.41) is 2.83. The van der Waals surface area contributed by atoms with Crippen LogP contribution in [0.15, 0.2) is 42.9 Å². The van der Waals surface area contributed by atoms with Gasteiger partial charge >= 0.3 is 6.09 Å². The molecule has 7 heteroatoms. The maximum absolute atomic E-state index is 12.3. The fourth-order valence-corrected chi connectivity index (χ4v) is 2.30. The summed E-state index contributed by atoms with van der Waals surface area (Å²) in [6.45, 7) is 0.748. The molecule has 3 rings (SSSR count). The van der Waals surface area contributed by atoms with Gasteiger partial charge in [0.1, 0.15) is 12.6 Å². The molecule has 2 heterocycles. The molecule has 1 aliphatic rings. The van der Waals surface area contributed by atoms with E-state index in [4.69, 9.17) is 4.74 Å². The highest BCUT2D eigenvalue weighted by Gasteiger charge is 2.38. The molecule has 2 amide bonds. The van der Waals surface area contributed by atoms with Crippen LogP contribution >= 0.6 is 0 Å². The number of aromatic nitrogens is 2. The quantitative estimate of drug-likeness (QED) is 0.864. The minimum Gasteiger partial charge on any atom is -0.447 e. The summed E-state index contributed by atoms with van der Waals surface area (Å²) in [6, 6.07) is 8.97. The molecule has 0 unspecified atom stereocenters. The van der Waals surface area contributed by atoms with Gasteiger partial charge in [0.15, 0.2) is 0 Å². The third-order valence-corrected chi connectivity index (χ3v) is 3.48. The molecule has 1 fully saturated rings. The number of cyclic esters (lactones) is 1. The van der Waals surface area contributed by atoms with E-state index in [0.717, 1.165) is 11.3 Å². The molecule has 0 bridgehead atoms. The van der Waals surface area contributed by atoms with Crippen LogP contribution in [0.4, 0.5) is 4.79 Å². The van der Waals surface area contributed by atoms with Crippen molar-refractivity contribution in [1.29, 1.82) is 0 Å². The van der Waals surface area contributed by atoms with Gasteiger partial charge in [-0.05, 0) is 5.56 Å². The van der Waals surface area contributed by atoms with Gasteiger partial charge in [-0.3, -0.25) is 9.69 Å². The van der Waals surface area contributed by atoms with Crippen LogP contribution in [-0.2, 0) is 22.6 Å². The first-order chi connectivity index (χ1) is 10.7. The zero-order chi connectivity index (χ0) is 15.4. The van der Waals surface area contributed by atoms with Crippen LogP contribution < -0.4 is 5.32 Å². The van der Waals surface area contributed by atoms with Crippen LogP contribution in [0.2, 0.25) is 0 Å². The topological polar surface area (TPSA) is 87.3 Å². The Morgan fingerprint density at radius 3 is 2.95 bits per heavy atom. The molecule has 1 aromatic heterocycles. The predicted molar refractivity (Wildman–Crippen MR) is 77.6 cm³/mol. The zero-order valence-electron chi connectivity index (χ0n) is 11.9. The Morgan fingerprint density at radius 1 is 1.41 bits per heavy atom. The Bertz CT molecular complexity index is 642. The molecule has 0 saturated carbocycles. The Kier molecular flexibility index (Phi) is 4.04. The minimum absolute atomic E-state index is 0.0631. The predicted octanol–water partition coefficient (Wildman–Crippen LogP) is 1.05. The number of carbonyl (C=O) groups excluding carboxylic acids is 2. The molecule has 114 valence electrons. The lowest BCUT2D eigenvalue weighted by atomic mass is 10.2. The van der Waals surface area contributed by atoms with Crippen LogP contribution in [-0.4, -0.2) is 39.5 Å². The number of rotatable bonds is 5. The van der Waals surface area contributed by atoms with Crippen molar-refractivity contribution in [2.24, 2.45) is 0 Å². The average Bonchev–Trinajstić information content (AvgIpc) is 3.17. The average molecular weight is 300 g/mol. The summed E-state index contributed by atoms with van der Waals surface area (Å²) >= 11 is 0. The number of hydrogen-bond acceptors (Lipinski definition) is 4. The van der Waals surface area contributed by atoms with E-state index in [9.17, 15) is 9.59 Å². The van der Waals surface area contributed by atoms with Crippen molar-refractivity contribution in [2.75, 3.05) is 6.61 Å². The van der Waals surface area contributed by atoms with E-state index in [0.29, 0.717) is 6.54 Å². The Morgan fingerprint density at radius 2 is 2.23 bits per heavy atom. The third kappa shape index (κ3) is 3.08. The number of benzene rings is 1. The van der Waals surface area contributed by atoms with E-state index in [2.05, 4.69) is 15.3 Å². The number of imidazole rings is 1. The first-order valence-corrected chi connectivity index (χ1v) is 6.96. The Hall–Kier alpha value is -2.83. The van der Waals surface area contributed by atoms with Crippen molar-refractivity contribution >= 4 is 12.0 Å². The van der Waals surface area contributed by atoms with Gasteiger partial charge in [0, 0.05) is 12.7 Å². The molecule has 2 N–H and O–H groups in total. The summed E-state index contributed by atoms with van der Waals surface area (Å²) < 4.78 is 4.99. The number of H-pyrrole nitrogens is 1. The van der Waals surface area contributed by atoms with Crippen molar-refractivity contribution < 1.29 is 14.3 Å². The van der Waals surface area contributed by atoms with Crippen molar-refractivity contribution in [1.82, 2.24) is 20.2 Å². The number of nitrogens with one attached hydrogen (secondary N) is 2. The molecular weight excluding hydrogens is 284 g/mol. The van der Waals surface area contributed by atoms with Crippen LogP contribution in [0.1, 0.15) is 11.3 Å². The lowest BCUT2D eigenvalue weighted by molar-refractivity contribution is -0.125. The number of aromatic amines is 1. The summed E-state index contributed by atoms with van der Waals surface area (Å²) in [5.74, 6) is -0.228. The highest BCUT2D eigenvalue weighted by Crippen LogP contribution is 2.15. The van der Waals surface area contributed by atoms with Gasteiger partial charge in [0.25, 0.3) is 0 Å². The number of carbonyl (C=O) groups is 2. The Balaban J connectivity index is 1.61. The maximum Gasteiger partial charge on any atom is 0.411 e. The third-order valence-electron chi connectivity index (χ3n) is 3.48. The van der Waals surface area contributed by atoms with E-state index in [1.54, 1.807) is 6.20 Å². The van der Waals surface area contributed by atoms with Crippen molar-refractivity contribution in [3.63, 3.8) is 0 Å². The lowest BCUT2D eigenvalue weighted by Crippen LogP contribution is -2.45. The van der Waals surface area contributed by atoms with Crippen LogP contribution in [0.3, 0.4) is 0 Å². The molecule has 1 atom stereocenters. The second-order valence-electron chi connectivity index (χ2n) is 5.00. The van der Waals surface area contributed by atoms with Crippen LogP contribution in [0, 0.1) is 0 Å². The maximum atomic E-state index is 12.3. The number of nitrogens with zero attached hydrogens (tertiary/aromatic N) is 2. The van der Waals surface area contributed by atoms with Gasteiger partial charge in [0.05, 0.1) is 18.6 Å².